The highest BCUT2D eigenvalue weighted by molar-refractivity contribution is 5.99. The largest absolute Gasteiger partial charge is 0.399 e. The fraction of sp³-hybridized carbons (Fsp3) is 0.632. The third-order valence-corrected chi connectivity index (χ3v) is 6.74. The second-order valence-electron chi connectivity index (χ2n) is 8.29. The Morgan fingerprint density at radius 1 is 1.09 bits per heavy atom. The Morgan fingerprint density at radius 3 is 2.36 bits per heavy atom. The first-order valence-corrected chi connectivity index (χ1v) is 8.83. The Balaban J connectivity index is 1.49. The minimum absolute atomic E-state index is 0.0300. The van der Waals surface area contributed by atoms with Crippen molar-refractivity contribution in [3.63, 3.8) is 0 Å². The average Bonchev–Trinajstić information content (AvgIpc) is 2.87. The lowest BCUT2D eigenvalue weighted by Gasteiger charge is -2.56. The fourth-order valence-electron chi connectivity index (χ4n) is 6.29. The van der Waals surface area contributed by atoms with E-state index in [1.165, 1.54) is 24.8 Å². The molecule has 0 spiro atoms. The van der Waals surface area contributed by atoms with Gasteiger partial charge in [0.1, 0.15) is 0 Å². The highest BCUT2D eigenvalue weighted by Gasteiger charge is 2.56. The fourth-order valence-corrected chi connectivity index (χ4v) is 6.29. The van der Waals surface area contributed by atoms with Crippen molar-refractivity contribution in [3.8, 4) is 0 Å². The van der Waals surface area contributed by atoms with Crippen LogP contribution in [0.15, 0.2) is 18.2 Å². The van der Waals surface area contributed by atoms with Gasteiger partial charge < -0.3 is 10.6 Å². The molecule has 1 aliphatic heterocycles. The molecule has 1 heterocycles. The predicted molar refractivity (Wildman–Crippen MR) is 87.5 cm³/mol. The van der Waals surface area contributed by atoms with E-state index in [2.05, 4.69) is 11.0 Å². The highest BCUT2D eigenvalue weighted by Crippen LogP contribution is 2.61. The van der Waals surface area contributed by atoms with Crippen LogP contribution in [0.4, 0.5) is 11.4 Å². The van der Waals surface area contributed by atoms with E-state index in [1.807, 2.05) is 12.1 Å². The summed E-state index contributed by atoms with van der Waals surface area (Å²) < 4.78 is 0. The van der Waals surface area contributed by atoms with Gasteiger partial charge in [-0.3, -0.25) is 4.79 Å². The number of fused-ring (bicyclic) bond motifs is 1. The van der Waals surface area contributed by atoms with Crippen molar-refractivity contribution in [1.82, 2.24) is 0 Å². The molecule has 3 nitrogen and oxygen atoms in total. The summed E-state index contributed by atoms with van der Waals surface area (Å²) >= 11 is 0. The van der Waals surface area contributed by atoms with Gasteiger partial charge in [0.05, 0.1) is 5.41 Å². The average molecular weight is 296 g/mol. The van der Waals surface area contributed by atoms with Crippen LogP contribution in [0.3, 0.4) is 0 Å². The summed E-state index contributed by atoms with van der Waals surface area (Å²) in [5.41, 5.74) is 9.04. The van der Waals surface area contributed by atoms with Crippen LogP contribution in [0.25, 0.3) is 0 Å². The second kappa shape index (κ2) is 4.27. The zero-order valence-corrected chi connectivity index (χ0v) is 13.1. The van der Waals surface area contributed by atoms with E-state index in [4.69, 9.17) is 5.73 Å². The number of benzene rings is 1. The SMILES string of the molecule is Nc1ccc2c(c1)CCN2C(=O)C12CC3CC(CC(C3)C1)C2. The monoisotopic (exact) mass is 296 g/mol. The highest BCUT2D eigenvalue weighted by atomic mass is 16.2. The molecule has 4 aliphatic carbocycles. The molecule has 1 aromatic carbocycles. The van der Waals surface area contributed by atoms with E-state index in [0.29, 0.717) is 5.91 Å². The van der Waals surface area contributed by atoms with Crippen LogP contribution in [0.5, 0.6) is 0 Å². The topological polar surface area (TPSA) is 46.3 Å². The Bertz CT molecular complexity index is 616. The number of rotatable bonds is 1. The van der Waals surface area contributed by atoms with Gasteiger partial charge in [0.15, 0.2) is 0 Å². The van der Waals surface area contributed by atoms with E-state index < -0.39 is 0 Å². The van der Waals surface area contributed by atoms with Gasteiger partial charge in [-0.05, 0) is 86.5 Å². The number of nitrogen functional groups attached to an aromatic ring is 1. The molecule has 22 heavy (non-hydrogen) atoms. The first-order chi connectivity index (χ1) is 10.6. The molecule has 3 heteroatoms. The van der Waals surface area contributed by atoms with Gasteiger partial charge >= 0.3 is 0 Å². The predicted octanol–water partition coefficient (Wildman–Crippen LogP) is 3.37. The van der Waals surface area contributed by atoms with Crippen molar-refractivity contribution in [3.05, 3.63) is 23.8 Å². The summed E-state index contributed by atoms with van der Waals surface area (Å²) in [6, 6.07) is 6.03. The van der Waals surface area contributed by atoms with Crippen molar-refractivity contribution in [2.24, 2.45) is 23.2 Å². The number of nitrogens with zero attached hydrogens (tertiary/aromatic N) is 1. The molecule has 0 atom stereocenters. The molecule has 2 N–H and O–H groups in total. The minimum Gasteiger partial charge on any atom is -0.399 e. The third kappa shape index (κ3) is 1.71. The van der Waals surface area contributed by atoms with Crippen LogP contribution >= 0.6 is 0 Å². The van der Waals surface area contributed by atoms with Gasteiger partial charge in [-0.2, -0.15) is 0 Å². The molecule has 0 saturated heterocycles. The molecule has 0 radical (unpaired) electrons. The Morgan fingerprint density at radius 2 is 1.73 bits per heavy atom. The molecule has 4 fully saturated rings. The maximum absolute atomic E-state index is 13.4. The van der Waals surface area contributed by atoms with Crippen LogP contribution in [0, 0.1) is 23.2 Å². The van der Waals surface area contributed by atoms with Crippen LogP contribution in [0.1, 0.15) is 44.1 Å². The summed E-state index contributed by atoms with van der Waals surface area (Å²) in [6.45, 7) is 0.847. The van der Waals surface area contributed by atoms with Crippen molar-refractivity contribution < 1.29 is 4.79 Å². The van der Waals surface area contributed by atoms with E-state index in [9.17, 15) is 4.79 Å². The molecule has 4 bridgehead atoms. The van der Waals surface area contributed by atoms with E-state index >= 15 is 0 Å². The lowest BCUT2D eigenvalue weighted by atomic mass is 9.49. The van der Waals surface area contributed by atoms with Crippen LogP contribution in [-0.4, -0.2) is 12.5 Å². The normalized spacial score (nSPS) is 38.4. The zero-order chi connectivity index (χ0) is 14.9. The first kappa shape index (κ1) is 13.0. The number of anilines is 2. The molecule has 1 amide bonds. The number of carbonyl (C=O) groups excluding carboxylic acids is 1. The summed E-state index contributed by atoms with van der Waals surface area (Å²) in [7, 11) is 0. The lowest BCUT2D eigenvalue weighted by Crippen LogP contribution is -2.54. The molecule has 0 aromatic heterocycles. The Kier molecular flexibility index (Phi) is 2.52. The van der Waals surface area contributed by atoms with Crippen molar-refractivity contribution in [2.75, 3.05) is 17.2 Å². The summed E-state index contributed by atoms with van der Waals surface area (Å²) in [5, 5.41) is 0. The summed E-state index contributed by atoms with van der Waals surface area (Å²) in [4.78, 5) is 15.5. The van der Waals surface area contributed by atoms with Gasteiger partial charge in [-0.1, -0.05) is 0 Å². The number of nitrogens with two attached hydrogens (primary N) is 1. The number of carbonyl (C=O) groups is 1. The second-order valence-corrected chi connectivity index (χ2v) is 8.29. The van der Waals surface area contributed by atoms with Crippen LogP contribution in [-0.2, 0) is 11.2 Å². The quantitative estimate of drug-likeness (QED) is 0.808. The summed E-state index contributed by atoms with van der Waals surface area (Å²) in [5.74, 6) is 2.89. The zero-order valence-electron chi connectivity index (χ0n) is 13.1. The van der Waals surface area contributed by atoms with E-state index in [1.54, 1.807) is 0 Å². The molecule has 1 aromatic rings. The van der Waals surface area contributed by atoms with Gasteiger partial charge in [0, 0.05) is 17.9 Å². The van der Waals surface area contributed by atoms with Crippen LogP contribution in [0.2, 0.25) is 0 Å². The Labute approximate surface area is 131 Å². The van der Waals surface area contributed by atoms with Crippen LogP contribution < -0.4 is 10.6 Å². The summed E-state index contributed by atoms with van der Waals surface area (Å²) in [6.07, 6.45) is 8.58. The van der Waals surface area contributed by atoms with Crippen molar-refractivity contribution in [2.45, 2.75) is 44.9 Å². The number of hydrogen-bond acceptors (Lipinski definition) is 2. The number of amides is 1. The molecular weight excluding hydrogens is 272 g/mol. The third-order valence-electron chi connectivity index (χ3n) is 6.74. The van der Waals surface area contributed by atoms with Crippen molar-refractivity contribution in [1.29, 1.82) is 0 Å². The molecule has 116 valence electrons. The van der Waals surface area contributed by atoms with E-state index in [0.717, 1.165) is 61.4 Å². The van der Waals surface area contributed by atoms with Gasteiger partial charge in [0.2, 0.25) is 5.91 Å². The number of hydrogen-bond donors (Lipinski definition) is 1. The van der Waals surface area contributed by atoms with E-state index in [-0.39, 0.29) is 5.41 Å². The molecule has 6 rings (SSSR count). The maximum Gasteiger partial charge on any atom is 0.233 e. The van der Waals surface area contributed by atoms with Gasteiger partial charge in [-0.15, -0.1) is 0 Å². The maximum atomic E-state index is 13.4. The van der Waals surface area contributed by atoms with Gasteiger partial charge in [0.25, 0.3) is 0 Å². The standard InChI is InChI=1S/C19H24N2O/c20-16-1-2-17-15(8-16)3-4-21(17)18(22)19-9-12-5-13(10-19)7-14(6-12)11-19/h1-2,8,12-14H,3-7,9-11,20H2. The first-order valence-electron chi connectivity index (χ1n) is 8.83. The molecular formula is C19H24N2O. The molecule has 0 unspecified atom stereocenters. The van der Waals surface area contributed by atoms with Crippen molar-refractivity contribution >= 4 is 17.3 Å². The molecule has 4 saturated carbocycles. The Hall–Kier alpha value is -1.51. The lowest BCUT2D eigenvalue weighted by molar-refractivity contribution is -0.143. The smallest absolute Gasteiger partial charge is 0.233 e. The molecule has 5 aliphatic rings. The minimum atomic E-state index is -0.0300. The van der Waals surface area contributed by atoms with Gasteiger partial charge in [-0.25, -0.2) is 0 Å².